The maximum absolute atomic E-state index is 6.06. The normalized spacial score (nSPS) is 11.0. The summed E-state index contributed by atoms with van der Waals surface area (Å²) in [6.45, 7) is 0.422. The van der Waals surface area contributed by atoms with E-state index in [2.05, 4.69) is 60.7 Å². The monoisotopic (exact) mass is 556 g/mol. The van der Waals surface area contributed by atoms with Crippen LogP contribution >= 0.6 is 0 Å². The summed E-state index contributed by atoms with van der Waals surface area (Å²) in [4.78, 5) is 14.9. The highest BCUT2D eigenvalue weighted by Crippen LogP contribution is 2.38. The minimum atomic E-state index is 0.422. The zero-order valence-corrected chi connectivity index (χ0v) is 23.4. The highest BCUT2D eigenvalue weighted by Gasteiger charge is 2.18. The molecule has 1 aromatic heterocycles. The lowest BCUT2D eigenvalue weighted by Gasteiger charge is -2.15. The molecule has 0 fully saturated rings. The van der Waals surface area contributed by atoms with Gasteiger partial charge in [-0.1, -0.05) is 127 Å². The quantitative estimate of drug-likeness (QED) is 0.199. The average molecular weight is 557 g/mol. The minimum absolute atomic E-state index is 0.422. The summed E-state index contributed by atoms with van der Waals surface area (Å²) >= 11 is 0. The van der Waals surface area contributed by atoms with Gasteiger partial charge in [-0.05, 0) is 40.1 Å². The number of rotatable bonds is 7. The second-order valence-electron chi connectivity index (χ2n) is 10.3. The van der Waals surface area contributed by atoms with E-state index in [-0.39, 0.29) is 0 Å². The van der Waals surface area contributed by atoms with Crippen LogP contribution in [-0.2, 0) is 6.61 Å². The van der Waals surface area contributed by atoms with Crippen LogP contribution in [0.2, 0.25) is 0 Å². The summed E-state index contributed by atoms with van der Waals surface area (Å²) in [5, 5.41) is 2.28. The van der Waals surface area contributed by atoms with Gasteiger partial charge in [0.1, 0.15) is 12.4 Å². The Bertz CT molecular complexity index is 1970. The van der Waals surface area contributed by atoms with E-state index >= 15 is 0 Å². The first kappa shape index (κ1) is 26.1. The largest absolute Gasteiger partial charge is 0.487 e. The van der Waals surface area contributed by atoms with Gasteiger partial charge in [-0.3, -0.25) is 0 Å². The predicted octanol–water partition coefficient (Wildman–Crippen LogP) is 8.85. The minimum Gasteiger partial charge on any atom is -0.487 e. The van der Waals surface area contributed by atoms with Crippen LogP contribution in [0, 0.1) is 0 Å². The van der Waals surface area contributed by atoms with Crippen molar-refractivity contribution in [2.45, 2.75) is 6.61 Å². The third kappa shape index (κ3) is 5.44. The van der Waals surface area contributed by atoms with Crippen LogP contribution in [0.5, 0.6) is 5.75 Å². The van der Waals surface area contributed by atoms with Crippen molar-refractivity contribution in [3.05, 3.63) is 151 Å². The first-order valence-corrected chi connectivity index (χ1v) is 14.2. The summed E-state index contributed by atoms with van der Waals surface area (Å²) in [5.41, 5.74) is 12.7. The number of nitrogen functional groups attached to an aromatic ring is 1. The molecule has 7 aromatic rings. The Labute approximate surface area is 250 Å². The Hall–Kier alpha value is -5.81. The molecule has 0 unspecified atom stereocenters. The fourth-order valence-corrected chi connectivity index (χ4v) is 5.24. The Balaban J connectivity index is 1.35. The Morgan fingerprint density at radius 2 is 1.07 bits per heavy atom. The van der Waals surface area contributed by atoms with Crippen LogP contribution in [0.15, 0.2) is 146 Å². The Kier molecular flexibility index (Phi) is 7.04. The number of hydrogen-bond donors (Lipinski definition) is 1. The van der Waals surface area contributed by atoms with E-state index in [1.165, 1.54) is 0 Å². The Morgan fingerprint density at radius 1 is 0.488 bits per heavy atom. The molecule has 0 aliphatic carbocycles. The van der Waals surface area contributed by atoms with Crippen LogP contribution in [0.25, 0.3) is 56.1 Å². The third-order valence-corrected chi connectivity index (χ3v) is 7.43. The van der Waals surface area contributed by atoms with Gasteiger partial charge in [0.2, 0.25) is 0 Å². The molecular formula is C38H28N4O. The van der Waals surface area contributed by atoms with Crippen molar-refractivity contribution in [1.82, 2.24) is 15.0 Å². The van der Waals surface area contributed by atoms with Crippen LogP contribution in [0.1, 0.15) is 5.56 Å². The fourth-order valence-electron chi connectivity index (χ4n) is 5.24. The van der Waals surface area contributed by atoms with Crippen LogP contribution in [-0.4, -0.2) is 15.0 Å². The van der Waals surface area contributed by atoms with Crippen molar-refractivity contribution < 1.29 is 4.74 Å². The molecular weight excluding hydrogens is 528 g/mol. The van der Waals surface area contributed by atoms with Crippen molar-refractivity contribution in [3.8, 4) is 51.0 Å². The molecule has 0 saturated heterocycles. The van der Waals surface area contributed by atoms with Gasteiger partial charge in [-0.15, -0.1) is 0 Å². The molecule has 0 saturated carbocycles. The second kappa shape index (κ2) is 11.6. The highest BCUT2D eigenvalue weighted by molar-refractivity contribution is 6.03. The van der Waals surface area contributed by atoms with Crippen molar-refractivity contribution in [3.63, 3.8) is 0 Å². The number of nitrogens with two attached hydrogens (primary N) is 1. The molecule has 0 atom stereocenters. The van der Waals surface area contributed by atoms with E-state index in [1.807, 2.05) is 84.9 Å². The van der Waals surface area contributed by atoms with Gasteiger partial charge in [0, 0.05) is 22.3 Å². The van der Waals surface area contributed by atoms with Gasteiger partial charge in [-0.2, -0.15) is 0 Å². The van der Waals surface area contributed by atoms with E-state index in [9.17, 15) is 0 Å². The van der Waals surface area contributed by atoms with E-state index < -0.39 is 0 Å². The lowest BCUT2D eigenvalue weighted by atomic mass is 9.92. The smallest absolute Gasteiger partial charge is 0.164 e. The van der Waals surface area contributed by atoms with Gasteiger partial charge in [0.05, 0.1) is 5.69 Å². The average Bonchev–Trinajstić information content (AvgIpc) is 3.08. The molecule has 5 heteroatoms. The number of fused-ring (bicyclic) bond motifs is 1. The molecule has 1 heterocycles. The first-order valence-electron chi connectivity index (χ1n) is 14.2. The molecule has 206 valence electrons. The van der Waals surface area contributed by atoms with E-state index in [0.29, 0.717) is 35.5 Å². The molecule has 6 aromatic carbocycles. The topological polar surface area (TPSA) is 73.9 Å². The molecule has 0 radical (unpaired) electrons. The first-order chi connectivity index (χ1) is 21.2. The maximum Gasteiger partial charge on any atom is 0.164 e. The van der Waals surface area contributed by atoms with E-state index in [1.54, 1.807) is 0 Å². The molecule has 7 rings (SSSR count). The zero-order valence-electron chi connectivity index (χ0n) is 23.4. The number of ether oxygens (including phenoxy) is 1. The lowest BCUT2D eigenvalue weighted by molar-refractivity contribution is 0.308. The number of hydrogen-bond acceptors (Lipinski definition) is 5. The highest BCUT2D eigenvalue weighted by atomic mass is 16.5. The summed E-state index contributed by atoms with van der Waals surface area (Å²) < 4.78 is 5.99. The van der Waals surface area contributed by atoms with Gasteiger partial charge in [0.15, 0.2) is 17.5 Å². The lowest BCUT2D eigenvalue weighted by Crippen LogP contribution is -2.01. The van der Waals surface area contributed by atoms with Gasteiger partial charge in [0.25, 0.3) is 0 Å². The maximum atomic E-state index is 6.06. The third-order valence-electron chi connectivity index (χ3n) is 7.43. The SMILES string of the molecule is Nc1ccccc1OCc1ccc(-c2c(-c3nc(-c4ccccc4)nc(-c4ccccc4)n3)ccc3ccccc23)cc1. The second-order valence-corrected chi connectivity index (χ2v) is 10.3. The van der Waals surface area contributed by atoms with Crippen molar-refractivity contribution in [2.75, 3.05) is 5.73 Å². The molecule has 0 aliphatic rings. The summed E-state index contributed by atoms with van der Waals surface area (Å²) in [5.74, 6) is 2.58. The molecule has 0 aliphatic heterocycles. The van der Waals surface area contributed by atoms with Gasteiger partial charge < -0.3 is 10.5 Å². The number of anilines is 1. The van der Waals surface area contributed by atoms with Crippen molar-refractivity contribution >= 4 is 16.5 Å². The van der Waals surface area contributed by atoms with E-state index in [4.69, 9.17) is 25.4 Å². The van der Waals surface area contributed by atoms with Gasteiger partial charge in [-0.25, -0.2) is 15.0 Å². The molecule has 0 amide bonds. The van der Waals surface area contributed by atoms with Crippen molar-refractivity contribution in [1.29, 1.82) is 0 Å². The molecule has 2 N–H and O–H groups in total. The summed E-state index contributed by atoms with van der Waals surface area (Å²) in [6, 6.07) is 48.8. The number of aromatic nitrogens is 3. The van der Waals surface area contributed by atoms with E-state index in [0.717, 1.165) is 44.2 Å². The number of benzene rings is 6. The standard InChI is InChI=1S/C38H28N4O/c39-33-17-9-10-18-34(33)43-25-26-19-21-28(22-20-26)35-31-16-8-7-11-27(31)23-24-32(35)38-41-36(29-12-3-1-4-13-29)40-37(42-38)30-14-5-2-6-15-30/h1-24H,25,39H2. The van der Waals surface area contributed by atoms with Gasteiger partial charge >= 0.3 is 0 Å². The number of nitrogens with zero attached hydrogens (tertiary/aromatic N) is 3. The fraction of sp³-hybridized carbons (Fsp3) is 0.0263. The molecule has 43 heavy (non-hydrogen) atoms. The van der Waals surface area contributed by atoms with Crippen molar-refractivity contribution in [2.24, 2.45) is 0 Å². The Morgan fingerprint density at radius 3 is 1.74 bits per heavy atom. The predicted molar refractivity (Wildman–Crippen MR) is 174 cm³/mol. The van der Waals surface area contributed by atoms with Crippen LogP contribution in [0.4, 0.5) is 5.69 Å². The summed E-state index contributed by atoms with van der Waals surface area (Å²) in [7, 11) is 0. The number of para-hydroxylation sites is 2. The van der Waals surface area contributed by atoms with Crippen LogP contribution < -0.4 is 10.5 Å². The summed E-state index contributed by atoms with van der Waals surface area (Å²) in [6.07, 6.45) is 0. The molecule has 5 nitrogen and oxygen atoms in total. The molecule has 0 spiro atoms. The zero-order chi connectivity index (χ0) is 29.0. The van der Waals surface area contributed by atoms with Crippen LogP contribution in [0.3, 0.4) is 0 Å². The molecule has 0 bridgehead atoms.